The normalized spacial score (nSPS) is 22.1. The van der Waals surface area contributed by atoms with Gasteiger partial charge in [0.15, 0.2) is 0 Å². The molecular weight excluding hydrogens is 148 g/mol. The Balaban J connectivity index is 2.19. The number of rotatable bonds is 2. The lowest BCUT2D eigenvalue weighted by Gasteiger charge is -2.18. The van der Waals surface area contributed by atoms with Gasteiger partial charge >= 0.3 is 0 Å². The van der Waals surface area contributed by atoms with Crippen molar-refractivity contribution in [2.24, 2.45) is 5.92 Å². The van der Waals surface area contributed by atoms with Crippen molar-refractivity contribution in [2.45, 2.75) is 12.8 Å². The molecule has 0 aliphatic carbocycles. The second kappa shape index (κ2) is 4.75. The van der Waals surface area contributed by atoms with Gasteiger partial charge < -0.3 is 4.74 Å². The molecule has 0 spiro atoms. The molecule has 1 rings (SSSR count). The molecule has 1 heterocycles. The van der Waals surface area contributed by atoms with Crippen molar-refractivity contribution in [1.29, 1.82) is 0 Å². The third kappa shape index (κ3) is 2.72. The summed E-state index contributed by atoms with van der Waals surface area (Å²) in [7, 11) is 0. The van der Waals surface area contributed by atoms with Crippen molar-refractivity contribution in [1.82, 2.24) is 0 Å². The number of ether oxygens (including phenoxy) is 1. The van der Waals surface area contributed by atoms with Crippen molar-refractivity contribution in [2.75, 3.05) is 19.1 Å². The van der Waals surface area contributed by atoms with E-state index in [4.69, 9.17) is 16.3 Å². The Hall–Kier alpha value is -0.0100. The molecule has 0 unspecified atom stereocenters. The molecule has 1 aliphatic rings. The standard InChI is InChI=1S/C8H13ClO/c9-5-1-2-8-3-6-10-7-4-8/h1-2,8H,3-7H2/b2-1+. The second-order valence-corrected chi connectivity index (χ2v) is 2.84. The highest BCUT2D eigenvalue weighted by Crippen LogP contribution is 2.15. The molecule has 0 amide bonds. The zero-order valence-corrected chi connectivity index (χ0v) is 6.81. The summed E-state index contributed by atoms with van der Waals surface area (Å²) in [6.45, 7) is 1.83. The van der Waals surface area contributed by atoms with E-state index in [1.165, 1.54) is 0 Å². The quantitative estimate of drug-likeness (QED) is 0.445. The average Bonchev–Trinajstić information content (AvgIpc) is 2.03. The number of halogens is 1. The molecule has 0 aromatic carbocycles. The van der Waals surface area contributed by atoms with Gasteiger partial charge in [-0.25, -0.2) is 0 Å². The van der Waals surface area contributed by atoms with E-state index in [0.717, 1.165) is 26.1 Å². The van der Waals surface area contributed by atoms with Crippen LogP contribution in [0.25, 0.3) is 0 Å². The molecule has 0 saturated carbocycles. The fourth-order valence-electron chi connectivity index (χ4n) is 1.15. The zero-order valence-electron chi connectivity index (χ0n) is 6.05. The monoisotopic (exact) mass is 160 g/mol. The SMILES string of the molecule is ClC/C=C/C1CCOCC1. The van der Waals surface area contributed by atoms with Gasteiger partial charge in [0.2, 0.25) is 0 Å². The summed E-state index contributed by atoms with van der Waals surface area (Å²) in [4.78, 5) is 0. The van der Waals surface area contributed by atoms with E-state index in [-0.39, 0.29) is 0 Å². The van der Waals surface area contributed by atoms with Crippen molar-refractivity contribution in [3.63, 3.8) is 0 Å². The molecule has 0 bridgehead atoms. The first kappa shape index (κ1) is 8.09. The van der Waals surface area contributed by atoms with Crippen molar-refractivity contribution in [3.05, 3.63) is 12.2 Å². The third-order valence-corrected chi connectivity index (χ3v) is 1.94. The van der Waals surface area contributed by atoms with E-state index >= 15 is 0 Å². The molecule has 0 N–H and O–H groups in total. The first-order chi connectivity index (χ1) is 4.93. The Morgan fingerprint density at radius 2 is 2.10 bits per heavy atom. The van der Waals surface area contributed by atoms with E-state index in [2.05, 4.69) is 6.08 Å². The van der Waals surface area contributed by atoms with E-state index in [1.54, 1.807) is 0 Å². The largest absolute Gasteiger partial charge is 0.381 e. The highest BCUT2D eigenvalue weighted by atomic mass is 35.5. The number of hydrogen-bond acceptors (Lipinski definition) is 1. The minimum Gasteiger partial charge on any atom is -0.381 e. The molecule has 0 atom stereocenters. The average molecular weight is 161 g/mol. The third-order valence-electron chi connectivity index (χ3n) is 1.76. The van der Waals surface area contributed by atoms with Gasteiger partial charge in [-0.2, -0.15) is 0 Å². The van der Waals surface area contributed by atoms with E-state index in [0.29, 0.717) is 11.8 Å². The van der Waals surface area contributed by atoms with E-state index in [9.17, 15) is 0 Å². The number of allylic oxidation sites excluding steroid dienone is 2. The maximum absolute atomic E-state index is 5.50. The summed E-state index contributed by atoms with van der Waals surface area (Å²) in [6, 6.07) is 0. The minimum absolute atomic E-state index is 0.636. The Labute approximate surface area is 67.0 Å². The maximum Gasteiger partial charge on any atom is 0.0471 e. The smallest absolute Gasteiger partial charge is 0.0471 e. The molecule has 2 heteroatoms. The van der Waals surface area contributed by atoms with Gasteiger partial charge in [-0.15, -0.1) is 11.6 Å². The van der Waals surface area contributed by atoms with Crippen LogP contribution in [0.5, 0.6) is 0 Å². The predicted octanol–water partition coefficient (Wildman–Crippen LogP) is 2.21. The van der Waals surface area contributed by atoms with Gasteiger partial charge in [0.25, 0.3) is 0 Å². The van der Waals surface area contributed by atoms with Crippen LogP contribution in [0.1, 0.15) is 12.8 Å². The summed E-state index contributed by atoms with van der Waals surface area (Å²) in [5.41, 5.74) is 0. The summed E-state index contributed by atoms with van der Waals surface area (Å²) in [6.07, 6.45) is 6.55. The van der Waals surface area contributed by atoms with Gasteiger partial charge in [0.1, 0.15) is 0 Å². The summed E-state index contributed by atoms with van der Waals surface area (Å²) in [5, 5.41) is 0. The molecular formula is C8H13ClO. The molecule has 10 heavy (non-hydrogen) atoms. The fraction of sp³-hybridized carbons (Fsp3) is 0.750. The van der Waals surface area contributed by atoms with Crippen LogP contribution in [0.3, 0.4) is 0 Å². The predicted molar refractivity (Wildman–Crippen MR) is 43.4 cm³/mol. The summed E-state index contributed by atoms with van der Waals surface area (Å²) < 4.78 is 5.21. The Morgan fingerprint density at radius 1 is 1.40 bits per heavy atom. The van der Waals surface area contributed by atoms with Crippen LogP contribution in [0.2, 0.25) is 0 Å². The van der Waals surface area contributed by atoms with Crippen LogP contribution >= 0.6 is 11.6 Å². The lowest BCUT2D eigenvalue weighted by Crippen LogP contribution is -2.13. The van der Waals surface area contributed by atoms with Crippen LogP contribution < -0.4 is 0 Å². The van der Waals surface area contributed by atoms with Gasteiger partial charge in [-0.3, -0.25) is 0 Å². The second-order valence-electron chi connectivity index (χ2n) is 2.53. The minimum atomic E-state index is 0.636. The topological polar surface area (TPSA) is 9.23 Å². The Morgan fingerprint density at radius 3 is 2.70 bits per heavy atom. The zero-order chi connectivity index (χ0) is 7.23. The van der Waals surface area contributed by atoms with E-state index < -0.39 is 0 Å². The van der Waals surface area contributed by atoms with E-state index in [1.807, 2.05) is 6.08 Å². The molecule has 58 valence electrons. The van der Waals surface area contributed by atoms with Crippen molar-refractivity contribution >= 4 is 11.6 Å². The molecule has 0 aromatic heterocycles. The van der Waals surface area contributed by atoms with Gasteiger partial charge in [-0.05, 0) is 18.8 Å². The Kier molecular flexibility index (Phi) is 3.84. The van der Waals surface area contributed by atoms with Crippen LogP contribution in [-0.2, 0) is 4.74 Å². The molecule has 1 saturated heterocycles. The lowest BCUT2D eigenvalue weighted by molar-refractivity contribution is 0.0785. The first-order valence-corrected chi connectivity index (χ1v) is 4.27. The molecule has 1 nitrogen and oxygen atoms in total. The van der Waals surface area contributed by atoms with Gasteiger partial charge in [-0.1, -0.05) is 12.2 Å². The maximum atomic E-state index is 5.50. The van der Waals surface area contributed by atoms with Crippen molar-refractivity contribution in [3.8, 4) is 0 Å². The molecule has 0 radical (unpaired) electrons. The highest BCUT2D eigenvalue weighted by Gasteiger charge is 2.09. The van der Waals surface area contributed by atoms with Crippen LogP contribution in [0.4, 0.5) is 0 Å². The van der Waals surface area contributed by atoms with Crippen molar-refractivity contribution < 1.29 is 4.74 Å². The van der Waals surface area contributed by atoms with Gasteiger partial charge in [0.05, 0.1) is 0 Å². The summed E-state index contributed by atoms with van der Waals surface area (Å²) in [5.74, 6) is 1.35. The number of hydrogen-bond donors (Lipinski definition) is 0. The highest BCUT2D eigenvalue weighted by molar-refractivity contribution is 6.18. The van der Waals surface area contributed by atoms with Crippen LogP contribution in [-0.4, -0.2) is 19.1 Å². The number of alkyl halides is 1. The van der Waals surface area contributed by atoms with Gasteiger partial charge in [0, 0.05) is 19.1 Å². The molecule has 0 aromatic rings. The Bertz CT molecular complexity index is 106. The summed E-state index contributed by atoms with van der Waals surface area (Å²) >= 11 is 5.50. The fourth-order valence-corrected chi connectivity index (χ4v) is 1.26. The molecule has 1 fully saturated rings. The van der Waals surface area contributed by atoms with Crippen LogP contribution in [0.15, 0.2) is 12.2 Å². The molecule has 1 aliphatic heterocycles. The van der Waals surface area contributed by atoms with Crippen LogP contribution in [0, 0.1) is 5.92 Å². The lowest BCUT2D eigenvalue weighted by atomic mass is 10.0. The first-order valence-electron chi connectivity index (χ1n) is 3.74.